The first-order chi connectivity index (χ1) is 5.81. The predicted octanol–water partition coefficient (Wildman–Crippen LogP) is 1.90. The highest BCUT2D eigenvalue weighted by Crippen LogP contribution is 2.36. The van der Waals surface area contributed by atoms with Gasteiger partial charge in [-0.1, -0.05) is 13.8 Å². The van der Waals surface area contributed by atoms with Crippen LogP contribution in [0.1, 0.15) is 33.1 Å². The van der Waals surface area contributed by atoms with Crippen LogP contribution in [0.25, 0.3) is 0 Å². The molecule has 12 heavy (non-hydrogen) atoms. The zero-order chi connectivity index (χ0) is 9.03. The number of piperidine rings is 1. The highest BCUT2D eigenvalue weighted by molar-refractivity contribution is 4.91. The molecule has 0 aliphatic carbocycles. The lowest BCUT2D eigenvalue weighted by molar-refractivity contribution is -0.171. The van der Waals surface area contributed by atoms with Gasteiger partial charge in [0.25, 0.3) is 0 Å². The van der Waals surface area contributed by atoms with E-state index in [1.807, 2.05) is 13.8 Å². The third kappa shape index (κ3) is 1.99. The van der Waals surface area contributed by atoms with Crippen molar-refractivity contribution in [2.75, 3.05) is 26.7 Å². The van der Waals surface area contributed by atoms with Crippen LogP contribution in [-0.2, 0) is 4.74 Å². The number of ether oxygens (including phenoxy) is 1. The number of rotatable bonds is 0. The number of hydrogen-bond acceptors (Lipinski definition) is 2. The minimum Gasteiger partial charge on any atom is -0.375 e. The molecule has 2 saturated heterocycles. The van der Waals surface area contributed by atoms with Gasteiger partial charge < -0.3 is 9.64 Å². The summed E-state index contributed by atoms with van der Waals surface area (Å²) < 4.78 is 5.58. The van der Waals surface area contributed by atoms with Gasteiger partial charge in [-0.3, -0.25) is 0 Å². The molecule has 2 heterocycles. The Labute approximate surface area is 75.9 Å². The van der Waals surface area contributed by atoms with Gasteiger partial charge in [0.1, 0.15) is 0 Å². The van der Waals surface area contributed by atoms with Crippen molar-refractivity contribution in [3.05, 3.63) is 0 Å². The predicted molar refractivity (Wildman–Crippen MR) is 51.4 cm³/mol. The van der Waals surface area contributed by atoms with Crippen molar-refractivity contribution in [2.24, 2.45) is 0 Å². The van der Waals surface area contributed by atoms with E-state index in [0.717, 1.165) is 6.61 Å². The first kappa shape index (κ1) is 10.0. The van der Waals surface area contributed by atoms with Gasteiger partial charge in [-0.15, -0.1) is 0 Å². The van der Waals surface area contributed by atoms with E-state index in [1.54, 1.807) is 0 Å². The van der Waals surface area contributed by atoms with Crippen LogP contribution in [0, 0.1) is 0 Å². The summed E-state index contributed by atoms with van der Waals surface area (Å²) >= 11 is 0. The summed E-state index contributed by atoms with van der Waals surface area (Å²) in [6, 6.07) is 0. The summed E-state index contributed by atoms with van der Waals surface area (Å²) in [5.74, 6) is 0. The Morgan fingerprint density at radius 1 is 1.08 bits per heavy atom. The topological polar surface area (TPSA) is 12.5 Å². The van der Waals surface area contributed by atoms with E-state index in [-0.39, 0.29) is 0 Å². The van der Waals surface area contributed by atoms with Crippen LogP contribution in [0.5, 0.6) is 0 Å². The van der Waals surface area contributed by atoms with E-state index in [9.17, 15) is 0 Å². The third-order valence-electron chi connectivity index (χ3n) is 2.86. The smallest absolute Gasteiger partial charge is 0.0728 e. The molecule has 0 amide bonds. The molecule has 0 aromatic rings. The molecule has 0 aromatic carbocycles. The maximum Gasteiger partial charge on any atom is 0.0728 e. The van der Waals surface area contributed by atoms with Crippen molar-refractivity contribution in [2.45, 2.75) is 38.7 Å². The van der Waals surface area contributed by atoms with Crippen LogP contribution in [-0.4, -0.2) is 37.2 Å². The highest BCUT2D eigenvalue weighted by atomic mass is 16.5. The summed E-state index contributed by atoms with van der Waals surface area (Å²) in [7, 11) is 2.19. The molecule has 2 fully saturated rings. The van der Waals surface area contributed by atoms with Crippen molar-refractivity contribution >= 4 is 0 Å². The Hall–Kier alpha value is -0.0800. The molecule has 72 valence electrons. The van der Waals surface area contributed by atoms with Crippen LogP contribution in [0.15, 0.2) is 0 Å². The molecule has 2 heteroatoms. The molecule has 2 aliphatic heterocycles. The van der Waals surface area contributed by atoms with Gasteiger partial charge in [0.05, 0.1) is 12.2 Å². The lowest BCUT2D eigenvalue weighted by Crippen LogP contribution is -2.51. The summed E-state index contributed by atoms with van der Waals surface area (Å²) in [5, 5.41) is 0. The molecule has 2 aliphatic rings. The summed E-state index contributed by atoms with van der Waals surface area (Å²) in [4.78, 5) is 2.38. The van der Waals surface area contributed by atoms with E-state index in [4.69, 9.17) is 4.74 Å². The highest BCUT2D eigenvalue weighted by Gasteiger charge is 2.40. The van der Waals surface area contributed by atoms with Crippen molar-refractivity contribution in [3.63, 3.8) is 0 Å². The zero-order valence-electron chi connectivity index (χ0n) is 8.60. The second-order valence-electron chi connectivity index (χ2n) is 3.58. The van der Waals surface area contributed by atoms with Crippen LogP contribution in [0.2, 0.25) is 0 Å². The Bertz CT molecular complexity index is 122. The molecule has 0 unspecified atom stereocenters. The monoisotopic (exact) mass is 171 g/mol. The minimum atomic E-state index is 0.340. The quantitative estimate of drug-likeness (QED) is 0.552. The lowest BCUT2D eigenvalue weighted by atomic mass is 9.85. The fourth-order valence-electron chi connectivity index (χ4n) is 1.81. The Balaban J connectivity index is 0.000000336. The molecule has 2 rings (SSSR count). The van der Waals surface area contributed by atoms with Gasteiger partial charge in [0.2, 0.25) is 0 Å². The molecular weight excluding hydrogens is 150 g/mol. The average molecular weight is 171 g/mol. The van der Waals surface area contributed by atoms with E-state index < -0.39 is 0 Å². The van der Waals surface area contributed by atoms with Crippen LogP contribution >= 0.6 is 0 Å². The largest absolute Gasteiger partial charge is 0.375 e. The Morgan fingerprint density at radius 2 is 1.58 bits per heavy atom. The number of likely N-dealkylation sites (tertiary alicyclic amines) is 1. The van der Waals surface area contributed by atoms with Gasteiger partial charge in [0.15, 0.2) is 0 Å². The molecular formula is C10H21NO. The van der Waals surface area contributed by atoms with Crippen LogP contribution in [0.3, 0.4) is 0 Å². The SMILES string of the molecule is CC.CN1CCC2(CCO2)CC1. The fourth-order valence-corrected chi connectivity index (χ4v) is 1.81. The first-order valence-electron chi connectivity index (χ1n) is 5.13. The summed E-state index contributed by atoms with van der Waals surface area (Å²) in [6.07, 6.45) is 3.81. The number of hydrogen-bond donors (Lipinski definition) is 0. The maximum absolute atomic E-state index is 5.58. The zero-order valence-corrected chi connectivity index (χ0v) is 8.60. The molecule has 2 nitrogen and oxygen atoms in total. The standard InChI is InChI=1S/C8H15NO.C2H6/c1-9-5-2-8(3-6-9)4-7-10-8;1-2/h2-7H2,1H3;1-2H3. The van der Waals surface area contributed by atoms with Gasteiger partial charge >= 0.3 is 0 Å². The normalized spacial score (nSPS) is 27.2. The van der Waals surface area contributed by atoms with Gasteiger partial charge in [-0.25, -0.2) is 0 Å². The molecule has 0 atom stereocenters. The molecule has 0 radical (unpaired) electrons. The van der Waals surface area contributed by atoms with E-state index >= 15 is 0 Å². The molecule has 0 N–H and O–H groups in total. The maximum atomic E-state index is 5.58. The summed E-state index contributed by atoms with van der Waals surface area (Å²) in [5.41, 5.74) is 0.340. The molecule has 1 spiro atoms. The fraction of sp³-hybridized carbons (Fsp3) is 1.00. The van der Waals surface area contributed by atoms with Crippen molar-refractivity contribution in [1.82, 2.24) is 4.90 Å². The number of nitrogens with zero attached hydrogens (tertiary/aromatic N) is 1. The Morgan fingerprint density at radius 3 is 1.92 bits per heavy atom. The molecule has 0 bridgehead atoms. The van der Waals surface area contributed by atoms with Gasteiger partial charge in [-0.05, 0) is 26.3 Å². The van der Waals surface area contributed by atoms with E-state index in [2.05, 4.69) is 11.9 Å². The minimum absolute atomic E-state index is 0.340. The van der Waals surface area contributed by atoms with Crippen LogP contribution in [0.4, 0.5) is 0 Å². The molecule has 0 saturated carbocycles. The van der Waals surface area contributed by atoms with Crippen molar-refractivity contribution < 1.29 is 4.74 Å². The molecule has 0 aromatic heterocycles. The first-order valence-corrected chi connectivity index (χ1v) is 5.13. The van der Waals surface area contributed by atoms with Crippen molar-refractivity contribution in [3.8, 4) is 0 Å². The van der Waals surface area contributed by atoms with Gasteiger partial charge in [0, 0.05) is 13.1 Å². The van der Waals surface area contributed by atoms with E-state index in [0.29, 0.717) is 5.60 Å². The Kier molecular flexibility index (Phi) is 3.53. The van der Waals surface area contributed by atoms with Crippen molar-refractivity contribution in [1.29, 1.82) is 0 Å². The lowest BCUT2D eigenvalue weighted by Gasteiger charge is -2.46. The van der Waals surface area contributed by atoms with Crippen LogP contribution < -0.4 is 0 Å². The van der Waals surface area contributed by atoms with E-state index in [1.165, 1.54) is 32.4 Å². The second-order valence-corrected chi connectivity index (χ2v) is 3.58. The average Bonchev–Trinajstić information content (AvgIpc) is 2.07. The van der Waals surface area contributed by atoms with Gasteiger partial charge in [-0.2, -0.15) is 0 Å². The summed E-state index contributed by atoms with van der Waals surface area (Å²) in [6.45, 7) is 7.45. The second kappa shape index (κ2) is 4.24. The third-order valence-corrected chi connectivity index (χ3v) is 2.86.